The average molecular weight is 359 g/mol. The zero-order valence-electron chi connectivity index (χ0n) is 13.2. The molecule has 1 saturated carbocycles. The first-order chi connectivity index (χ1) is 10.9. The highest BCUT2D eigenvalue weighted by molar-refractivity contribution is 7.89. The highest BCUT2D eigenvalue weighted by Gasteiger charge is 2.22. The van der Waals surface area contributed by atoms with Crippen LogP contribution in [0.25, 0.3) is 0 Å². The lowest BCUT2D eigenvalue weighted by molar-refractivity contribution is -0.122. The first-order valence-electron chi connectivity index (χ1n) is 7.93. The maximum Gasteiger partial charge on any atom is 0.240 e. The monoisotopic (exact) mass is 358 g/mol. The van der Waals surface area contributed by atoms with Gasteiger partial charge in [0.25, 0.3) is 0 Å². The zero-order chi connectivity index (χ0) is 16.9. The van der Waals surface area contributed by atoms with E-state index in [4.69, 9.17) is 11.6 Å². The summed E-state index contributed by atoms with van der Waals surface area (Å²) in [5.41, 5.74) is 0. The van der Waals surface area contributed by atoms with Gasteiger partial charge in [-0.3, -0.25) is 4.79 Å². The Kier molecular flexibility index (Phi) is 6.44. The zero-order valence-corrected chi connectivity index (χ0v) is 14.8. The predicted octanol–water partition coefficient (Wildman–Crippen LogP) is 2.70. The highest BCUT2D eigenvalue weighted by atomic mass is 35.5. The predicted molar refractivity (Wildman–Crippen MR) is 90.8 cm³/mol. The van der Waals surface area contributed by atoms with Gasteiger partial charge in [-0.05, 0) is 43.0 Å². The standard InChI is InChI=1S/C16H23ClN2O3S/c1-12-4-2-3-5-15(12)19-16(20)10-11-18-23(21,22)14-8-6-13(17)7-9-14/h6-9,12,15,18H,2-5,10-11H2,1H3,(H,19,20)/t12-,15-/m0/s1. The van der Waals surface area contributed by atoms with Crippen LogP contribution in [0.4, 0.5) is 0 Å². The Balaban J connectivity index is 1.79. The van der Waals surface area contributed by atoms with Crippen LogP contribution in [0.1, 0.15) is 39.0 Å². The summed E-state index contributed by atoms with van der Waals surface area (Å²) >= 11 is 5.74. The summed E-state index contributed by atoms with van der Waals surface area (Å²) in [4.78, 5) is 12.1. The van der Waals surface area contributed by atoms with Crippen LogP contribution in [-0.2, 0) is 14.8 Å². The fraction of sp³-hybridized carbons (Fsp3) is 0.562. The van der Waals surface area contributed by atoms with Crippen molar-refractivity contribution in [2.24, 2.45) is 5.92 Å². The molecule has 1 aliphatic carbocycles. The lowest BCUT2D eigenvalue weighted by Gasteiger charge is -2.29. The molecule has 5 nitrogen and oxygen atoms in total. The van der Waals surface area contributed by atoms with Crippen LogP contribution in [0, 0.1) is 5.92 Å². The van der Waals surface area contributed by atoms with Crippen molar-refractivity contribution in [3.63, 3.8) is 0 Å². The van der Waals surface area contributed by atoms with Gasteiger partial charge in [0, 0.05) is 24.0 Å². The molecule has 0 aliphatic heterocycles. The minimum Gasteiger partial charge on any atom is -0.353 e. The molecule has 23 heavy (non-hydrogen) atoms. The highest BCUT2D eigenvalue weighted by Crippen LogP contribution is 2.23. The van der Waals surface area contributed by atoms with Gasteiger partial charge in [0.1, 0.15) is 0 Å². The summed E-state index contributed by atoms with van der Waals surface area (Å²) < 4.78 is 26.6. The molecule has 2 atom stereocenters. The smallest absolute Gasteiger partial charge is 0.240 e. The topological polar surface area (TPSA) is 75.3 Å². The number of hydrogen-bond donors (Lipinski definition) is 2. The average Bonchev–Trinajstić information content (AvgIpc) is 2.50. The molecule has 7 heteroatoms. The molecule has 0 unspecified atom stereocenters. The van der Waals surface area contributed by atoms with Crippen molar-refractivity contribution in [2.75, 3.05) is 6.54 Å². The van der Waals surface area contributed by atoms with E-state index in [1.807, 2.05) is 0 Å². The first-order valence-corrected chi connectivity index (χ1v) is 9.79. The molecule has 0 spiro atoms. The van der Waals surface area contributed by atoms with Crippen molar-refractivity contribution in [2.45, 2.75) is 50.0 Å². The lowest BCUT2D eigenvalue weighted by atomic mass is 9.86. The lowest BCUT2D eigenvalue weighted by Crippen LogP contribution is -2.42. The second-order valence-corrected chi connectivity index (χ2v) is 8.24. The Hall–Kier alpha value is -1.11. The largest absolute Gasteiger partial charge is 0.353 e. The number of rotatable bonds is 6. The third kappa shape index (κ3) is 5.48. The van der Waals surface area contributed by atoms with Gasteiger partial charge in [-0.15, -0.1) is 0 Å². The number of carbonyl (C=O) groups is 1. The molecular weight excluding hydrogens is 336 g/mol. The summed E-state index contributed by atoms with van der Waals surface area (Å²) in [7, 11) is -3.61. The van der Waals surface area contributed by atoms with E-state index < -0.39 is 10.0 Å². The third-order valence-electron chi connectivity index (χ3n) is 4.23. The molecule has 0 bridgehead atoms. The molecule has 2 rings (SSSR count). The number of halogens is 1. The van der Waals surface area contributed by atoms with Gasteiger partial charge in [0.15, 0.2) is 0 Å². The molecule has 0 radical (unpaired) electrons. The van der Waals surface area contributed by atoms with Crippen LogP contribution in [0.3, 0.4) is 0 Å². The molecule has 1 fully saturated rings. The van der Waals surface area contributed by atoms with E-state index in [9.17, 15) is 13.2 Å². The molecule has 0 heterocycles. The Morgan fingerprint density at radius 2 is 1.87 bits per heavy atom. The third-order valence-corrected chi connectivity index (χ3v) is 5.95. The van der Waals surface area contributed by atoms with Crippen LogP contribution in [0.5, 0.6) is 0 Å². The number of carbonyl (C=O) groups excluding carboxylic acids is 1. The van der Waals surface area contributed by atoms with Crippen LogP contribution in [-0.4, -0.2) is 26.9 Å². The van der Waals surface area contributed by atoms with E-state index in [0.29, 0.717) is 10.9 Å². The van der Waals surface area contributed by atoms with Gasteiger partial charge in [-0.25, -0.2) is 13.1 Å². The number of benzene rings is 1. The molecule has 1 aromatic carbocycles. The summed E-state index contributed by atoms with van der Waals surface area (Å²) in [5, 5.41) is 3.49. The Bertz CT molecular complexity index is 631. The Morgan fingerprint density at radius 1 is 1.22 bits per heavy atom. The van der Waals surface area contributed by atoms with Crippen LogP contribution in [0.2, 0.25) is 5.02 Å². The number of nitrogens with one attached hydrogen (secondary N) is 2. The van der Waals surface area contributed by atoms with Crippen LogP contribution < -0.4 is 10.0 Å². The van der Waals surface area contributed by atoms with Crippen molar-refractivity contribution in [1.82, 2.24) is 10.0 Å². The molecule has 0 saturated heterocycles. The van der Waals surface area contributed by atoms with Gasteiger partial charge in [-0.2, -0.15) is 0 Å². The second-order valence-electron chi connectivity index (χ2n) is 6.04. The molecule has 1 aliphatic rings. The Labute approximate surface area is 142 Å². The number of sulfonamides is 1. The van der Waals surface area contributed by atoms with Crippen molar-refractivity contribution in [3.8, 4) is 0 Å². The van der Waals surface area contributed by atoms with Crippen LogP contribution >= 0.6 is 11.6 Å². The van der Waals surface area contributed by atoms with Crippen LogP contribution in [0.15, 0.2) is 29.2 Å². The number of amides is 1. The van der Waals surface area contributed by atoms with Gasteiger partial charge in [0.2, 0.25) is 15.9 Å². The van der Waals surface area contributed by atoms with Crippen molar-refractivity contribution in [1.29, 1.82) is 0 Å². The quantitative estimate of drug-likeness (QED) is 0.821. The number of hydrogen-bond acceptors (Lipinski definition) is 3. The van der Waals surface area contributed by atoms with Gasteiger partial charge in [0.05, 0.1) is 4.90 Å². The molecule has 1 aromatic rings. The molecule has 0 aromatic heterocycles. The van der Waals surface area contributed by atoms with E-state index in [-0.39, 0.29) is 29.8 Å². The molecule has 2 N–H and O–H groups in total. The molecule has 128 valence electrons. The minimum atomic E-state index is -3.61. The summed E-state index contributed by atoms with van der Waals surface area (Å²) in [6, 6.07) is 6.13. The van der Waals surface area contributed by atoms with E-state index in [0.717, 1.165) is 19.3 Å². The maximum atomic E-state index is 12.1. The molecular formula is C16H23ClN2O3S. The SMILES string of the molecule is C[C@H]1CCCC[C@@H]1NC(=O)CCNS(=O)(=O)c1ccc(Cl)cc1. The van der Waals surface area contributed by atoms with E-state index in [1.54, 1.807) is 0 Å². The van der Waals surface area contributed by atoms with E-state index in [1.165, 1.54) is 30.7 Å². The minimum absolute atomic E-state index is 0.0812. The molecule has 1 amide bonds. The Morgan fingerprint density at radius 3 is 2.52 bits per heavy atom. The first kappa shape index (κ1) is 18.2. The van der Waals surface area contributed by atoms with E-state index in [2.05, 4.69) is 17.0 Å². The summed E-state index contributed by atoms with van der Waals surface area (Å²) in [5.74, 6) is 0.376. The van der Waals surface area contributed by atoms with E-state index >= 15 is 0 Å². The van der Waals surface area contributed by atoms with Crippen molar-refractivity contribution in [3.05, 3.63) is 29.3 Å². The van der Waals surface area contributed by atoms with Gasteiger partial charge < -0.3 is 5.32 Å². The fourth-order valence-electron chi connectivity index (χ4n) is 2.81. The van der Waals surface area contributed by atoms with Crippen molar-refractivity contribution >= 4 is 27.5 Å². The fourth-order valence-corrected chi connectivity index (χ4v) is 3.96. The summed E-state index contributed by atoms with van der Waals surface area (Å²) in [6.45, 7) is 2.23. The second kappa shape index (κ2) is 8.13. The van der Waals surface area contributed by atoms with Gasteiger partial charge in [-0.1, -0.05) is 31.4 Å². The van der Waals surface area contributed by atoms with Gasteiger partial charge >= 0.3 is 0 Å². The van der Waals surface area contributed by atoms with Crippen molar-refractivity contribution < 1.29 is 13.2 Å². The normalized spacial score (nSPS) is 21.8. The maximum absolute atomic E-state index is 12.1. The summed E-state index contributed by atoms with van der Waals surface area (Å²) in [6.07, 6.45) is 4.63.